The number of anilines is 1. The van der Waals surface area contributed by atoms with E-state index in [0.717, 1.165) is 29.4 Å². The number of benzene rings is 1. The highest BCUT2D eigenvalue weighted by Gasteiger charge is 2.24. The van der Waals surface area contributed by atoms with Gasteiger partial charge in [0, 0.05) is 32.4 Å². The van der Waals surface area contributed by atoms with Gasteiger partial charge in [0.25, 0.3) is 0 Å². The molecule has 1 unspecified atom stereocenters. The molecule has 2 aromatic heterocycles. The van der Waals surface area contributed by atoms with E-state index >= 15 is 0 Å². The van der Waals surface area contributed by atoms with Crippen molar-refractivity contribution >= 4 is 29.0 Å². The van der Waals surface area contributed by atoms with Gasteiger partial charge in [-0.2, -0.15) is 0 Å². The average Bonchev–Trinajstić information content (AvgIpc) is 3.13. The first-order valence-corrected chi connectivity index (χ1v) is 9.36. The first kappa shape index (κ1) is 17.6. The van der Waals surface area contributed by atoms with Crippen LogP contribution in [0.5, 0.6) is 0 Å². The van der Waals surface area contributed by atoms with Crippen LogP contribution in [0.25, 0.3) is 5.65 Å². The first-order valence-electron chi connectivity index (χ1n) is 8.98. The van der Waals surface area contributed by atoms with Gasteiger partial charge < -0.3 is 15.1 Å². The van der Waals surface area contributed by atoms with Crippen molar-refractivity contribution in [2.24, 2.45) is 0 Å². The number of carbonyl (C=O) groups is 1. The zero-order chi connectivity index (χ0) is 18.8. The topological polar surface area (TPSA) is 65.8 Å². The number of pyridine rings is 1. The predicted molar refractivity (Wildman–Crippen MR) is 105 cm³/mol. The molecule has 0 aliphatic carbocycles. The highest BCUT2D eigenvalue weighted by atomic mass is 35.5. The van der Waals surface area contributed by atoms with Crippen molar-refractivity contribution in [3.05, 3.63) is 59.5 Å². The summed E-state index contributed by atoms with van der Waals surface area (Å²) in [6.45, 7) is 4.70. The van der Waals surface area contributed by atoms with Gasteiger partial charge in [0.1, 0.15) is 0 Å². The van der Waals surface area contributed by atoms with Gasteiger partial charge in [-0.3, -0.25) is 4.40 Å². The average molecular weight is 385 g/mol. The van der Waals surface area contributed by atoms with E-state index in [9.17, 15) is 4.79 Å². The number of rotatable bonds is 3. The molecule has 140 valence electrons. The Balaban J connectivity index is 1.37. The Kier molecular flexibility index (Phi) is 4.85. The van der Waals surface area contributed by atoms with Gasteiger partial charge in [-0.05, 0) is 31.2 Å². The first-order chi connectivity index (χ1) is 13.1. The maximum Gasteiger partial charge on any atom is 0.318 e. The Morgan fingerprint density at radius 2 is 1.81 bits per heavy atom. The van der Waals surface area contributed by atoms with Gasteiger partial charge in [-0.15, -0.1) is 10.2 Å². The minimum Gasteiger partial charge on any atom is -0.367 e. The summed E-state index contributed by atoms with van der Waals surface area (Å²) in [6.07, 6.45) is 1.90. The van der Waals surface area contributed by atoms with Crippen LogP contribution in [0.3, 0.4) is 0 Å². The van der Waals surface area contributed by atoms with Crippen molar-refractivity contribution < 1.29 is 4.79 Å². The fourth-order valence-electron chi connectivity index (χ4n) is 3.35. The van der Waals surface area contributed by atoms with Crippen molar-refractivity contribution in [1.29, 1.82) is 0 Å². The summed E-state index contributed by atoms with van der Waals surface area (Å²) in [5, 5.41) is 12.1. The van der Waals surface area contributed by atoms with Crippen molar-refractivity contribution in [3.63, 3.8) is 0 Å². The molecular weight excluding hydrogens is 364 g/mol. The highest BCUT2D eigenvalue weighted by Crippen LogP contribution is 2.26. The number of para-hydroxylation sites is 1. The smallest absolute Gasteiger partial charge is 0.318 e. The molecule has 1 aromatic carbocycles. The summed E-state index contributed by atoms with van der Waals surface area (Å²) in [6, 6.07) is 13.2. The maximum atomic E-state index is 12.7. The molecule has 1 fully saturated rings. The van der Waals surface area contributed by atoms with Crippen LogP contribution in [0.4, 0.5) is 10.5 Å². The molecule has 0 bridgehead atoms. The number of halogens is 1. The lowest BCUT2D eigenvalue weighted by Crippen LogP contribution is -2.52. The third kappa shape index (κ3) is 3.55. The molecule has 3 aromatic rings. The molecule has 7 nitrogen and oxygen atoms in total. The van der Waals surface area contributed by atoms with Crippen molar-refractivity contribution in [2.75, 3.05) is 31.1 Å². The second-order valence-corrected chi connectivity index (χ2v) is 6.99. The van der Waals surface area contributed by atoms with E-state index in [1.807, 2.05) is 64.9 Å². The Morgan fingerprint density at radius 1 is 1.07 bits per heavy atom. The Hall–Kier alpha value is -2.80. The number of fused-ring (bicyclic) bond motifs is 1. The fraction of sp³-hybridized carbons (Fsp3) is 0.316. The van der Waals surface area contributed by atoms with Crippen LogP contribution < -0.4 is 10.2 Å². The standard InChI is InChI=1S/C19H21ClN6O/c1-14(18-23-22-17-8-4-5-9-26(17)18)21-19(27)25-12-10-24(11-13-25)16-7-3-2-6-15(16)20/h2-9,14H,10-13H2,1H3,(H,21,27). The third-order valence-electron chi connectivity index (χ3n) is 4.83. The molecule has 4 rings (SSSR count). The maximum absolute atomic E-state index is 12.7. The minimum atomic E-state index is -0.239. The normalized spacial score (nSPS) is 15.8. The quantitative estimate of drug-likeness (QED) is 0.754. The van der Waals surface area contributed by atoms with Crippen LogP contribution in [0.15, 0.2) is 48.7 Å². The van der Waals surface area contributed by atoms with E-state index in [1.54, 1.807) is 0 Å². The SMILES string of the molecule is CC(NC(=O)N1CCN(c2ccccc2Cl)CC1)c1nnc2ccccn12. The van der Waals surface area contributed by atoms with E-state index in [4.69, 9.17) is 11.6 Å². The predicted octanol–water partition coefficient (Wildman–Crippen LogP) is 2.98. The molecule has 1 aliphatic rings. The molecule has 1 N–H and O–H groups in total. The van der Waals surface area contributed by atoms with Crippen molar-refractivity contribution in [2.45, 2.75) is 13.0 Å². The molecule has 0 saturated carbocycles. The van der Waals surface area contributed by atoms with E-state index in [2.05, 4.69) is 20.4 Å². The molecule has 0 spiro atoms. The molecule has 2 amide bonds. The number of piperazine rings is 1. The molecule has 8 heteroatoms. The lowest BCUT2D eigenvalue weighted by molar-refractivity contribution is 0.190. The largest absolute Gasteiger partial charge is 0.367 e. The summed E-state index contributed by atoms with van der Waals surface area (Å²) in [4.78, 5) is 16.7. The molecule has 27 heavy (non-hydrogen) atoms. The Bertz CT molecular complexity index is 950. The van der Waals surface area contributed by atoms with Gasteiger partial charge in [0.2, 0.25) is 0 Å². The van der Waals surface area contributed by atoms with Gasteiger partial charge in [0.05, 0.1) is 16.8 Å². The van der Waals surface area contributed by atoms with E-state index in [0.29, 0.717) is 18.9 Å². The monoisotopic (exact) mass is 384 g/mol. The molecule has 1 saturated heterocycles. The van der Waals surface area contributed by atoms with Gasteiger partial charge >= 0.3 is 6.03 Å². The number of nitrogens with zero attached hydrogens (tertiary/aromatic N) is 5. The Morgan fingerprint density at radius 3 is 2.59 bits per heavy atom. The van der Waals surface area contributed by atoms with Crippen LogP contribution in [0, 0.1) is 0 Å². The summed E-state index contributed by atoms with van der Waals surface area (Å²) in [7, 11) is 0. The van der Waals surface area contributed by atoms with Crippen LogP contribution in [-0.4, -0.2) is 51.7 Å². The number of aromatic nitrogens is 3. The number of hydrogen-bond acceptors (Lipinski definition) is 4. The van der Waals surface area contributed by atoms with E-state index < -0.39 is 0 Å². The van der Waals surface area contributed by atoms with Crippen LogP contribution in [0.2, 0.25) is 5.02 Å². The molecule has 0 radical (unpaired) electrons. The van der Waals surface area contributed by atoms with E-state index in [-0.39, 0.29) is 12.1 Å². The zero-order valence-electron chi connectivity index (χ0n) is 15.0. The summed E-state index contributed by atoms with van der Waals surface area (Å²) in [5.74, 6) is 0.716. The summed E-state index contributed by atoms with van der Waals surface area (Å²) >= 11 is 6.28. The van der Waals surface area contributed by atoms with Gasteiger partial charge in [-0.25, -0.2) is 4.79 Å². The second kappa shape index (κ2) is 7.44. The van der Waals surface area contributed by atoms with Gasteiger partial charge in [0.15, 0.2) is 11.5 Å². The second-order valence-electron chi connectivity index (χ2n) is 6.58. The Labute approximate surface area is 162 Å². The fourth-order valence-corrected chi connectivity index (χ4v) is 3.61. The van der Waals surface area contributed by atoms with Crippen molar-refractivity contribution in [3.8, 4) is 0 Å². The summed E-state index contributed by atoms with van der Waals surface area (Å²) in [5.41, 5.74) is 1.78. The van der Waals surface area contributed by atoms with Crippen molar-refractivity contribution in [1.82, 2.24) is 24.8 Å². The number of urea groups is 1. The molecular formula is C19H21ClN6O. The summed E-state index contributed by atoms with van der Waals surface area (Å²) < 4.78 is 1.89. The third-order valence-corrected chi connectivity index (χ3v) is 5.15. The van der Waals surface area contributed by atoms with Crippen LogP contribution in [0.1, 0.15) is 18.8 Å². The highest BCUT2D eigenvalue weighted by molar-refractivity contribution is 6.33. The zero-order valence-corrected chi connectivity index (χ0v) is 15.8. The van der Waals surface area contributed by atoms with E-state index in [1.165, 1.54) is 0 Å². The number of amides is 2. The molecule has 1 aliphatic heterocycles. The number of nitrogens with one attached hydrogen (secondary N) is 1. The number of hydrogen-bond donors (Lipinski definition) is 1. The number of carbonyl (C=O) groups excluding carboxylic acids is 1. The van der Waals surface area contributed by atoms with Crippen LogP contribution in [-0.2, 0) is 0 Å². The minimum absolute atomic E-state index is 0.0889. The van der Waals surface area contributed by atoms with Crippen LogP contribution >= 0.6 is 11.6 Å². The molecule has 1 atom stereocenters. The van der Waals surface area contributed by atoms with Gasteiger partial charge in [-0.1, -0.05) is 29.8 Å². The molecule has 3 heterocycles. The lowest BCUT2D eigenvalue weighted by Gasteiger charge is -2.36. The lowest BCUT2D eigenvalue weighted by atomic mass is 10.2.